The first-order chi connectivity index (χ1) is 10.9. The van der Waals surface area contributed by atoms with Crippen LogP contribution in [0.15, 0.2) is 18.2 Å². The van der Waals surface area contributed by atoms with Gasteiger partial charge in [0.2, 0.25) is 0 Å². The van der Waals surface area contributed by atoms with Gasteiger partial charge in [-0.25, -0.2) is 4.79 Å². The normalized spacial score (nSPS) is 28.4. The maximum atomic E-state index is 12.3. The zero-order valence-electron chi connectivity index (χ0n) is 13.9. The van der Waals surface area contributed by atoms with Crippen LogP contribution >= 0.6 is 11.6 Å². The largest absolute Gasteiger partial charge is 0.479 e. The van der Waals surface area contributed by atoms with E-state index >= 15 is 0 Å². The fourth-order valence-corrected chi connectivity index (χ4v) is 3.78. The monoisotopic (exact) mass is 337 g/mol. The third kappa shape index (κ3) is 3.64. The predicted molar refractivity (Wildman–Crippen MR) is 90.0 cm³/mol. The Balaban J connectivity index is 1.54. The number of aryl methyl sites for hydroxylation is 1. The summed E-state index contributed by atoms with van der Waals surface area (Å²) in [5, 5.41) is 0.689. The van der Waals surface area contributed by atoms with E-state index in [0.717, 1.165) is 18.4 Å². The summed E-state index contributed by atoms with van der Waals surface area (Å²) in [7, 11) is 2.18. The van der Waals surface area contributed by atoms with E-state index in [2.05, 4.69) is 11.9 Å². The highest BCUT2D eigenvalue weighted by molar-refractivity contribution is 6.31. The van der Waals surface area contributed by atoms with E-state index in [1.807, 2.05) is 13.0 Å². The summed E-state index contributed by atoms with van der Waals surface area (Å²) in [6.45, 7) is 3.64. The highest BCUT2D eigenvalue weighted by atomic mass is 35.5. The van der Waals surface area contributed by atoms with Crippen molar-refractivity contribution in [3.63, 3.8) is 0 Å². The molecule has 0 N–H and O–H groups in total. The third-order valence-electron chi connectivity index (χ3n) is 5.11. The van der Waals surface area contributed by atoms with Crippen molar-refractivity contribution in [2.45, 2.75) is 63.8 Å². The fourth-order valence-electron chi connectivity index (χ4n) is 3.66. The lowest BCUT2D eigenvalue weighted by atomic mass is 10.0. The SMILES string of the molecule is Cc1cc(OC(C)C(=O)OC2C[C@H]3CC[C@@H](C2)N3C)ccc1Cl. The van der Waals surface area contributed by atoms with Crippen LogP contribution < -0.4 is 4.74 Å². The molecule has 0 aromatic heterocycles. The molecule has 23 heavy (non-hydrogen) atoms. The first-order valence-corrected chi connectivity index (χ1v) is 8.67. The van der Waals surface area contributed by atoms with Crippen LogP contribution in [0, 0.1) is 6.92 Å². The highest BCUT2D eigenvalue weighted by Crippen LogP contribution is 2.35. The van der Waals surface area contributed by atoms with Gasteiger partial charge in [-0.3, -0.25) is 0 Å². The van der Waals surface area contributed by atoms with Crippen LogP contribution in [-0.2, 0) is 9.53 Å². The summed E-state index contributed by atoms with van der Waals surface area (Å²) in [5.41, 5.74) is 0.927. The first kappa shape index (κ1) is 16.6. The minimum Gasteiger partial charge on any atom is -0.479 e. The van der Waals surface area contributed by atoms with E-state index in [1.54, 1.807) is 19.1 Å². The van der Waals surface area contributed by atoms with Crippen LogP contribution in [0.2, 0.25) is 5.02 Å². The van der Waals surface area contributed by atoms with E-state index in [-0.39, 0.29) is 12.1 Å². The number of halogens is 1. The average molecular weight is 338 g/mol. The van der Waals surface area contributed by atoms with E-state index in [1.165, 1.54) is 12.8 Å². The molecule has 5 heteroatoms. The lowest BCUT2D eigenvalue weighted by Crippen LogP contribution is -2.44. The van der Waals surface area contributed by atoms with E-state index < -0.39 is 6.10 Å². The van der Waals surface area contributed by atoms with E-state index in [9.17, 15) is 4.79 Å². The van der Waals surface area contributed by atoms with Crippen molar-refractivity contribution in [3.8, 4) is 5.75 Å². The Morgan fingerprint density at radius 3 is 2.57 bits per heavy atom. The fraction of sp³-hybridized carbons (Fsp3) is 0.611. The quantitative estimate of drug-likeness (QED) is 0.787. The molecule has 2 unspecified atom stereocenters. The highest BCUT2D eigenvalue weighted by Gasteiger charge is 2.40. The molecule has 0 amide bonds. The van der Waals surface area contributed by atoms with E-state index in [4.69, 9.17) is 21.1 Å². The Morgan fingerprint density at radius 1 is 1.30 bits per heavy atom. The second-order valence-corrected chi connectivity index (χ2v) is 7.16. The maximum Gasteiger partial charge on any atom is 0.347 e. The van der Waals surface area contributed by atoms with Crippen LogP contribution in [0.4, 0.5) is 0 Å². The number of carbonyl (C=O) groups excluding carboxylic acids is 1. The number of ether oxygens (including phenoxy) is 2. The van der Waals surface area contributed by atoms with Gasteiger partial charge in [0.15, 0.2) is 6.10 Å². The average Bonchev–Trinajstić information content (AvgIpc) is 2.73. The molecule has 0 aliphatic carbocycles. The zero-order chi connectivity index (χ0) is 16.6. The Morgan fingerprint density at radius 2 is 1.96 bits per heavy atom. The second kappa shape index (κ2) is 6.70. The topological polar surface area (TPSA) is 38.8 Å². The van der Waals surface area contributed by atoms with Crippen molar-refractivity contribution in [3.05, 3.63) is 28.8 Å². The number of hydrogen-bond donors (Lipinski definition) is 0. The van der Waals surface area contributed by atoms with Crippen LogP contribution in [0.1, 0.15) is 38.2 Å². The van der Waals surface area contributed by atoms with E-state index in [0.29, 0.717) is 22.9 Å². The van der Waals surface area contributed by atoms with Gasteiger partial charge in [0.05, 0.1) is 0 Å². The van der Waals surface area contributed by atoms with Crippen LogP contribution in [0.5, 0.6) is 5.75 Å². The van der Waals surface area contributed by atoms with Gasteiger partial charge in [-0.05, 0) is 70.3 Å². The van der Waals surface area contributed by atoms with Gasteiger partial charge in [-0.1, -0.05) is 11.6 Å². The summed E-state index contributed by atoms with van der Waals surface area (Å²) in [4.78, 5) is 14.7. The summed E-state index contributed by atoms with van der Waals surface area (Å²) >= 11 is 6.00. The van der Waals surface area contributed by atoms with Crippen LogP contribution in [-0.4, -0.2) is 42.2 Å². The Hall–Kier alpha value is -1.26. The molecule has 1 aromatic carbocycles. The molecule has 2 saturated heterocycles. The van der Waals surface area contributed by atoms with Gasteiger partial charge in [-0.15, -0.1) is 0 Å². The molecule has 4 nitrogen and oxygen atoms in total. The maximum absolute atomic E-state index is 12.3. The number of piperidine rings is 1. The van der Waals surface area contributed by atoms with Crippen molar-refractivity contribution in [2.75, 3.05) is 7.05 Å². The molecule has 2 bridgehead atoms. The summed E-state index contributed by atoms with van der Waals surface area (Å²) in [6, 6.07) is 6.50. The molecule has 2 heterocycles. The standard InChI is InChI=1S/C18H24ClNO3/c1-11-8-15(6-7-17(11)19)22-12(2)18(21)23-16-9-13-4-5-14(10-16)20(13)3/h6-8,12-14,16H,4-5,9-10H2,1-3H3/t12?,13-,14+,16?. The smallest absolute Gasteiger partial charge is 0.347 e. The molecule has 0 spiro atoms. The lowest BCUT2D eigenvalue weighted by molar-refractivity contribution is -0.159. The van der Waals surface area contributed by atoms with Crippen molar-refractivity contribution >= 4 is 17.6 Å². The summed E-state index contributed by atoms with van der Waals surface area (Å²) in [5.74, 6) is 0.353. The molecule has 0 radical (unpaired) electrons. The van der Waals surface area contributed by atoms with Crippen molar-refractivity contribution < 1.29 is 14.3 Å². The minimum absolute atomic E-state index is 0.0224. The molecule has 2 aliphatic rings. The number of rotatable bonds is 4. The molecular formula is C18H24ClNO3. The number of nitrogens with zero attached hydrogens (tertiary/aromatic N) is 1. The van der Waals surface area contributed by atoms with Gasteiger partial charge in [-0.2, -0.15) is 0 Å². The lowest BCUT2D eigenvalue weighted by Gasteiger charge is -2.36. The van der Waals surface area contributed by atoms with Gasteiger partial charge in [0.25, 0.3) is 0 Å². The predicted octanol–water partition coefficient (Wildman–Crippen LogP) is 3.58. The van der Waals surface area contributed by atoms with Crippen molar-refractivity contribution in [2.24, 2.45) is 0 Å². The van der Waals surface area contributed by atoms with Gasteiger partial charge in [0, 0.05) is 17.1 Å². The molecule has 1 aromatic rings. The van der Waals surface area contributed by atoms with Crippen molar-refractivity contribution in [1.82, 2.24) is 4.90 Å². The number of hydrogen-bond acceptors (Lipinski definition) is 4. The van der Waals surface area contributed by atoms with Gasteiger partial charge < -0.3 is 14.4 Å². The van der Waals surface area contributed by atoms with Crippen molar-refractivity contribution in [1.29, 1.82) is 0 Å². The van der Waals surface area contributed by atoms with Gasteiger partial charge in [0.1, 0.15) is 11.9 Å². The number of carbonyl (C=O) groups is 1. The Bertz CT molecular complexity index is 578. The van der Waals surface area contributed by atoms with Crippen LogP contribution in [0.25, 0.3) is 0 Å². The summed E-state index contributed by atoms with van der Waals surface area (Å²) < 4.78 is 11.4. The zero-order valence-corrected chi connectivity index (χ0v) is 14.7. The minimum atomic E-state index is -0.618. The first-order valence-electron chi connectivity index (χ1n) is 8.29. The van der Waals surface area contributed by atoms with Crippen LogP contribution in [0.3, 0.4) is 0 Å². The second-order valence-electron chi connectivity index (χ2n) is 6.75. The molecule has 4 atom stereocenters. The van der Waals surface area contributed by atoms with Gasteiger partial charge >= 0.3 is 5.97 Å². The molecule has 126 valence electrons. The molecule has 0 saturated carbocycles. The number of esters is 1. The number of benzene rings is 1. The molecule has 2 fully saturated rings. The third-order valence-corrected chi connectivity index (χ3v) is 5.54. The number of fused-ring (bicyclic) bond motifs is 2. The Kier molecular flexibility index (Phi) is 4.83. The molecular weight excluding hydrogens is 314 g/mol. The molecule has 3 rings (SSSR count). The summed E-state index contributed by atoms with van der Waals surface area (Å²) in [6.07, 6.45) is 3.70. The molecule has 2 aliphatic heterocycles. The Labute approximate surface area is 142 Å².